The zero-order valence-corrected chi connectivity index (χ0v) is 18.4. The van der Waals surface area contributed by atoms with Gasteiger partial charge >= 0.3 is 0 Å². The summed E-state index contributed by atoms with van der Waals surface area (Å²) in [4.78, 5) is 0. The molecule has 1 aromatic carbocycles. The zero-order chi connectivity index (χ0) is 17.5. The molecule has 0 saturated carbocycles. The molecule has 0 heterocycles. The first-order valence-corrected chi connectivity index (χ1v) is 15.1. The average molecular weight is 347 g/mol. The minimum Gasteiger partial charge on any atom is -0.0985 e. The molecule has 0 nitrogen and oxygen atoms in total. The van der Waals surface area contributed by atoms with Crippen LogP contribution < -0.4 is 0 Å². The molecule has 0 bridgehead atoms. The smallest absolute Gasteiger partial charge is 0.0577 e. The molecule has 0 amide bonds. The topological polar surface area (TPSA) is 0 Å². The van der Waals surface area contributed by atoms with Gasteiger partial charge in [0.15, 0.2) is 0 Å². The van der Waals surface area contributed by atoms with E-state index in [-0.39, 0.29) is 0 Å². The Kier molecular flexibility index (Phi) is 8.02. The Balaban J connectivity index is 3.54. The Bertz CT molecular complexity index is 431. The van der Waals surface area contributed by atoms with Crippen LogP contribution in [0.3, 0.4) is 0 Å². The Morgan fingerprint density at radius 1 is 0.739 bits per heavy atom. The summed E-state index contributed by atoms with van der Waals surface area (Å²) in [5.41, 5.74) is 2.91. The van der Waals surface area contributed by atoms with Gasteiger partial charge in [0, 0.05) is 0 Å². The lowest BCUT2D eigenvalue weighted by Crippen LogP contribution is -2.55. The van der Waals surface area contributed by atoms with Gasteiger partial charge in [-0.1, -0.05) is 120 Å². The van der Waals surface area contributed by atoms with Crippen LogP contribution in [0.5, 0.6) is 0 Å². The van der Waals surface area contributed by atoms with E-state index in [1.807, 2.05) is 6.08 Å². The van der Waals surface area contributed by atoms with Crippen molar-refractivity contribution in [2.24, 2.45) is 0 Å². The number of hydrogen-bond donors (Lipinski definition) is 0. The molecule has 1 rings (SSSR count). The van der Waals surface area contributed by atoms with E-state index in [0.717, 1.165) is 5.16 Å². The van der Waals surface area contributed by atoms with Crippen molar-refractivity contribution in [1.82, 2.24) is 0 Å². The van der Waals surface area contributed by atoms with Crippen LogP contribution in [0, 0.1) is 0 Å². The summed E-state index contributed by atoms with van der Waals surface area (Å²) in [7, 11) is -2.56. The van der Waals surface area contributed by atoms with Crippen LogP contribution in [-0.4, -0.2) is 16.1 Å². The van der Waals surface area contributed by atoms with Crippen LogP contribution in [0.4, 0.5) is 0 Å². The first kappa shape index (κ1) is 20.4. The Morgan fingerprint density at radius 3 is 1.35 bits per heavy atom. The summed E-state index contributed by atoms with van der Waals surface area (Å²) >= 11 is 0. The predicted octanol–water partition coefficient (Wildman–Crippen LogP) is 7.51. The van der Waals surface area contributed by atoms with Gasteiger partial charge in [-0.15, -0.1) is 0 Å². The molecular weight excluding hydrogens is 308 g/mol. The predicted molar refractivity (Wildman–Crippen MR) is 114 cm³/mol. The van der Waals surface area contributed by atoms with Crippen LogP contribution >= 0.6 is 0 Å². The fourth-order valence-corrected chi connectivity index (χ4v) is 21.0. The number of benzene rings is 1. The van der Waals surface area contributed by atoms with Crippen molar-refractivity contribution in [3.8, 4) is 0 Å². The fraction of sp³-hybridized carbons (Fsp3) is 0.619. The van der Waals surface area contributed by atoms with Gasteiger partial charge in [0.25, 0.3) is 0 Å². The van der Waals surface area contributed by atoms with Gasteiger partial charge in [0.1, 0.15) is 0 Å². The van der Waals surface area contributed by atoms with E-state index in [1.165, 1.54) is 41.8 Å². The molecule has 0 aliphatic carbocycles. The van der Waals surface area contributed by atoms with E-state index in [0.29, 0.717) is 0 Å². The van der Waals surface area contributed by atoms with Crippen LogP contribution in [0.25, 0.3) is 6.08 Å². The fourth-order valence-electron chi connectivity index (χ4n) is 4.91. The summed E-state index contributed by atoms with van der Waals surface area (Å²) in [6.45, 7) is 18.8. The van der Waals surface area contributed by atoms with E-state index < -0.39 is 16.1 Å². The minimum atomic E-state index is -1.28. The summed E-state index contributed by atoms with van der Waals surface area (Å²) < 4.78 is 0. The second-order valence-corrected chi connectivity index (χ2v) is 18.6. The third-order valence-electron chi connectivity index (χ3n) is 6.95. The average Bonchev–Trinajstić information content (AvgIpc) is 2.63. The summed E-state index contributed by atoms with van der Waals surface area (Å²) in [6.07, 6.45) is 1.97. The molecule has 0 spiro atoms. The highest BCUT2D eigenvalue weighted by Crippen LogP contribution is 2.46. The van der Waals surface area contributed by atoms with Crippen LogP contribution in [0.15, 0.2) is 30.8 Å². The molecule has 0 fully saturated rings. The SMILES string of the molecule is C=Cc1ccc(C([Si](CC)(CC)CC)[Si](CC)(CC)CC)cc1. The largest absolute Gasteiger partial charge is 0.0985 e. The molecule has 0 aromatic heterocycles. The van der Waals surface area contributed by atoms with Crippen LogP contribution in [-0.2, 0) is 0 Å². The molecule has 0 aliphatic rings. The second kappa shape index (κ2) is 9.03. The van der Waals surface area contributed by atoms with Crippen molar-refractivity contribution < 1.29 is 0 Å². The summed E-state index contributed by atoms with van der Waals surface area (Å²) in [5.74, 6) is 0. The maximum Gasteiger partial charge on any atom is 0.0577 e. The first-order valence-electron chi connectivity index (χ1n) is 9.75. The van der Waals surface area contributed by atoms with Gasteiger partial charge in [0.05, 0.1) is 16.1 Å². The highest BCUT2D eigenvalue weighted by atomic mass is 28.4. The maximum absolute atomic E-state index is 3.92. The third kappa shape index (κ3) is 3.90. The molecule has 130 valence electrons. The van der Waals surface area contributed by atoms with Crippen LogP contribution in [0.1, 0.15) is 57.8 Å². The highest BCUT2D eigenvalue weighted by molar-refractivity contribution is 6.99. The van der Waals surface area contributed by atoms with Gasteiger partial charge in [-0.25, -0.2) is 0 Å². The van der Waals surface area contributed by atoms with Crippen molar-refractivity contribution in [2.75, 3.05) is 0 Å². The number of rotatable bonds is 10. The lowest BCUT2D eigenvalue weighted by Gasteiger charge is -2.48. The summed E-state index contributed by atoms with van der Waals surface area (Å²) in [6, 6.07) is 18.0. The maximum atomic E-state index is 3.92. The molecule has 0 aliphatic heterocycles. The van der Waals surface area contributed by atoms with Gasteiger partial charge < -0.3 is 0 Å². The molecule has 1 aromatic rings. The summed E-state index contributed by atoms with van der Waals surface area (Å²) in [5, 5.41) is 0.911. The molecule has 2 heteroatoms. The Labute approximate surface area is 147 Å². The highest BCUT2D eigenvalue weighted by Gasteiger charge is 2.48. The van der Waals surface area contributed by atoms with Crippen molar-refractivity contribution >= 4 is 22.2 Å². The van der Waals surface area contributed by atoms with Gasteiger partial charge in [-0.05, 0) is 10.7 Å². The lowest BCUT2D eigenvalue weighted by molar-refractivity contribution is 0.989. The van der Waals surface area contributed by atoms with Crippen molar-refractivity contribution in [2.45, 2.75) is 83.0 Å². The van der Waals surface area contributed by atoms with E-state index in [9.17, 15) is 0 Å². The quantitative estimate of drug-likeness (QED) is 0.384. The first-order chi connectivity index (χ1) is 11.0. The van der Waals surface area contributed by atoms with Gasteiger partial charge in [0.2, 0.25) is 0 Å². The van der Waals surface area contributed by atoms with E-state index in [2.05, 4.69) is 72.4 Å². The minimum absolute atomic E-state index is 0.911. The van der Waals surface area contributed by atoms with Crippen molar-refractivity contribution in [3.63, 3.8) is 0 Å². The standard InChI is InChI=1S/C21H38Si2/c1-8-19-15-17-20(18-16-19)21(22(9-2,10-3)11-4)23(12-5,13-6)14-7/h8,15-18,21H,1,9-14H2,2-7H3. The van der Waals surface area contributed by atoms with Gasteiger partial charge in [-0.2, -0.15) is 0 Å². The molecular formula is C21H38Si2. The second-order valence-electron chi connectivity index (χ2n) is 7.15. The third-order valence-corrected chi connectivity index (χ3v) is 22.2. The van der Waals surface area contributed by atoms with Crippen molar-refractivity contribution in [3.05, 3.63) is 42.0 Å². The molecule has 0 radical (unpaired) electrons. The van der Waals surface area contributed by atoms with E-state index in [4.69, 9.17) is 0 Å². The molecule has 0 unspecified atom stereocenters. The number of hydrogen-bond acceptors (Lipinski definition) is 0. The molecule has 23 heavy (non-hydrogen) atoms. The normalized spacial score (nSPS) is 12.7. The van der Waals surface area contributed by atoms with Crippen LogP contribution in [0.2, 0.25) is 36.3 Å². The van der Waals surface area contributed by atoms with E-state index >= 15 is 0 Å². The van der Waals surface area contributed by atoms with E-state index in [1.54, 1.807) is 5.56 Å². The molecule has 0 N–H and O–H groups in total. The Hall–Kier alpha value is -0.606. The lowest BCUT2D eigenvalue weighted by atomic mass is 10.1. The molecule has 0 saturated heterocycles. The monoisotopic (exact) mass is 346 g/mol. The Morgan fingerprint density at radius 2 is 1.09 bits per heavy atom. The molecule has 0 atom stereocenters. The van der Waals surface area contributed by atoms with Crippen molar-refractivity contribution in [1.29, 1.82) is 0 Å². The zero-order valence-electron chi connectivity index (χ0n) is 16.4. The van der Waals surface area contributed by atoms with Gasteiger partial charge in [-0.3, -0.25) is 0 Å².